The number of fused-ring (bicyclic) bond motifs is 1. The topological polar surface area (TPSA) is 104 Å². The monoisotopic (exact) mass is 532 g/mol. The first kappa shape index (κ1) is 26.6. The van der Waals surface area contributed by atoms with E-state index in [0.717, 1.165) is 28.8 Å². The van der Waals surface area contributed by atoms with Crippen LogP contribution >= 0.6 is 0 Å². The van der Waals surface area contributed by atoms with Crippen LogP contribution in [0.25, 0.3) is 10.9 Å². The summed E-state index contributed by atoms with van der Waals surface area (Å²) in [6.07, 6.45) is 2.05. The van der Waals surface area contributed by atoms with Gasteiger partial charge in [-0.05, 0) is 69.2 Å². The average molecular weight is 533 g/mol. The fourth-order valence-corrected chi connectivity index (χ4v) is 5.99. The number of aromatic nitrogens is 1. The normalized spacial score (nSPS) is 19.3. The third kappa shape index (κ3) is 5.30. The molecule has 9 heteroatoms. The van der Waals surface area contributed by atoms with Gasteiger partial charge in [0.05, 0.1) is 24.0 Å². The van der Waals surface area contributed by atoms with Crippen LogP contribution in [0.1, 0.15) is 43.6 Å². The molecular weight excluding hydrogens is 496 g/mol. The summed E-state index contributed by atoms with van der Waals surface area (Å²) in [5.74, 6) is -1.23. The van der Waals surface area contributed by atoms with Crippen molar-refractivity contribution in [3.8, 4) is 5.75 Å². The Bertz CT molecular complexity index is 1360. The van der Waals surface area contributed by atoms with Crippen molar-refractivity contribution in [2.24, 2.45) is 11.8 Å². The maximum absolute atomic E-state index is 13.2. The SMILES string of the molecule is CCOc1cccc2c1cc(C(=O)Nc1ccc(N3CCN(C(=O)C4CCCC4C(=O)O)CC3)cc1)n2CC. The van der Waals surface area contributed by atoms with Crippen LogP contribution < -0.4 is 15.0 Å². The molecular formula is C30H36N4O5. The first-order valence-corrected chi connectivity index (χ1v) is 13.8. The number of carboxylic acids is 1. The maximum atomic E-state index is 13.2. The molecule has 1 aliphatic carbocycles. The Morgan fingerprint density at radius 3 is 2.36 bits per heavy atom. The van der Waals surface area contributed by atoms with Crippen molar-refractivity contribution in [3.05, 3.63) is 54.2 Å². The van der Waals surface area contributed by atoms with Gasteiger partial charge in [0.1, 0.15) is 11.4 Å². The third-order valence-corrected chi connectivity index (χ3v) is 7.99. The lowest BCUT2D eigenvalue weighted by Gasteiger charge is -2.37. The number of amides is 2. The molecule has 2 N–H and O–H groups in total. The number of piperazine rings is 1. The van der Waals surface area contributed by atoms with E-state index < -0.39 is 17.8 Å². The van der Waals surface area contributed by atoms with Crippen LogP contribution in [0.2, 0.25) is 0 Å². The van der Waals surface area contributed by atoms with Crippen LogP contribution in [0.15, 0.2) is 48.5 Å². The molecule has 2 aliphatic rings. The van der Waals surface area contributed by atoms with Gasteiger partial charge < -0.3 is 29.5 Å². The molecule has 39 heavy (non-hydrogen) atoms. The average Bonchev–Trinajstić information content (AvgIpc) is 3.59. The Labute approximate surface area is 228 Å². The van der Waals surface area contributed by atoms with Crippen molar-refractivity contribution >= 4 is 40.1 Å². The zero-order valence-electron chi connectivity index (χ0n) is 22.6. The zero-order chi connectivity index (χ0) is 27.5. The van der Waals surface area contributed by atoms with Crippen LogP contribution in [0.5, 0.6) is 5.75 Å². The Kier molecular flexibility index (Phi) is 7.77. The van der Waals surface area contributed by atoms with Gasteiger partial charge in [0.25, 0.3) is 5.91 Å². The molecule has 2 atom stereocenters. The lowest BCUT2D eigenvalue weighted by atomic mass is 9.94. The van der Waals surface area contributed by atoms with E-state index in [9.17, 15) is 19.5 Å². The van der Waals surface area contributed by atoms with Crippen molar-refractivity contribution in [2.45, 2.75) is 39.7 Å². The third-order valence-electron chi connectivity index (χ3n) is 7.99. The van der Waals surface area contributed by atoms with E-state index in [2.05, 4.69) is 10.2 Å². The van der Waals surface area contributed by atoms with Crippen LogP contribution in [0, 0.1) is 11.8 Å². The molecule has 0 radical (unpaired) electrons. The number of carbonyl (C=O) groups is 3. The minimum atomic E-state index is -0.858. The molecule has 2 fully saturated rings. The van der Waals surface area contributed by atoms with Crippen molar-refractivity contribution < 1.29 is 24.2 Å². The molecule has 2 heterocycles. The Hall–Kier alpha value is -4.01. The number of nitrogens with one attached hydrogen (secondary N) is 1. The molecule has 1 saturated heterocycles. The second kappa shape index (κ2) is 11.4. The first-order chi connectivity index (χ1) is 18.9. The first-order valence-electron chi connectivity index (χ1n) is 13.8. The molecule has 2 aromatic carbocycles. The molecule has 2 amide bonds. The van der Waals surface area contributed by atoms with E-state index in [-0.39, 0.29) is 11.8 Å². The smallest absolute Gasteiger partial charge is 0.307 e. The largest absolute Gasteiger partial charge is 0.493 e. The number of aryl methyl sites for hydroxylation is 1. The fraction of sp³-hybridized carbons (Fsp3) is 0.433. The maximum Gasteiger partial charge on any atom is 0.307 e. The number of hydrogen-bond donors (Lipinski definition) is 2. The number of benzene rings is 2. The van der Waals surface area contributed by atoms with Gasteiger partial charge in [-0.25, -0.2) is 0 Å². The van der Waals surface area contributed by atoms with E-state index in [0.29, 0.717) is 63.6 Å². The fourth-order valence-electron chi connectivity index (χ4n) is 5.99. The lowest BCUT2D eigenvalue weighted by molar-refractivity contribution is -0.149. The second-order valence-electron chi connectivity index (χ2n) is 10.2. The highest BCUT2D eigenvalue weighted by Crippen LogP contribution is 2.34. The standard InChI is InChI=1S/C30H36N4O5/c1-3-34-25-9-6-10-27(39-4-2)24(25)19-26(34)28(35)31-20-11-13-21(14-12-20)32-15-17-33(18-16-32)29(36)22-7-5-8-23(22)30(37)38/h6,9-14,19,22-23H,3-5,7-8,15-18H2,1-2H3,(H,31,35)(H,37,38). The summed E-state index contributed by atoms with van der Waals surface area (Å²) in [5.41, 5.74) is 3.27. The molecule has 0 spiro atoms. The van der Waals surface area contributed by atoms with Gasteiger partial charge in [-0.1, -0.05) is 12.5 Å². The van der Waals surface area contributed by atoms with Gasteiger partial charge in [-0.15, -0.1) is 0 Å². The van der Waals surface area contributed by atoms with E-state index >= 15 is 0 Å². The Balaban J connectivity index is 1.21. The highest BCUT2D eigenvalue weighted by molar-refractivity contribution is 6.07. The van der Waals surface area contributed by atoms with Crippen molar-refractivity contribution in [2.75, 3.05) is 43.0 Å². The number of ether oxygens (including phenoxy) is 1. The van der Waals surface area contributed by atoms with E-state index in [1.807, 2.05) is 71.8 Å². The number of aliphatic carboxylic acids is 1. The summed E-state index contributed by atoms with van der Waals surface area (Å²) in [5, 5.41) is 13.4. The quantitative estimate of drug-likeness (QED) is 0.444. The minimum absolute atomic E-state index is 0.0181. The summed E-state index contributed by atoms with van der Waals surface area (Å²) in [7, 11) is 0. The van der Waals surface area contributed by atoms with Gasteiger partial charge >= 0.3 is 5.97 Å². The van der Waals surface area contributed by atoms with Crippen LogP contribution in [-0.4, -0.2) is 65.1 Å². The number of rotatable bonds is 8. The van der Waals surface area contributed by atoms with Crippen LogP contribution in [0.4, 0.5) is 11.4 Å². The molecule has 3 aromatic rings. The number of hydrogen-bond acceptors (Lipinski definition) is 5. The number of carboxylic acid groups (broad SMARTS) is 1. The number of anilines is 2. The number of nitrogens with zero attached hydrogens (tertiary/aromatic N) is 3. The van der Waals surface area contributed by atoms with Gasteiger partial charge in [-0.3, -0.25) is 14.4 Å². The molecule has 1 saturated carbocycles. The van der Waals surface area contributed by atoms with Crippen molar-refractivity contribution in [1.82, 2.24) is 9.47 Å². The summed E-state index contributed by atoms with van der Waals surface area (Å²) in [4.78, 5) is 41.7. The number of carbonyl (C=O) groups excluding carboxylic acids is 2. The molecule has 1 aromatic heterocycles. The van der Waals surface area contributed by atoms with Crippen LogP contribution in [0.3, 0.4) is 0 Å². The predicted molar refractivity (Wildman–Crippen MR) is 150 cm³/mol. The van der Waals surface area contributed by atoms with Gasteiger partial charge in [0, 0.05) is 49.5 Å². The molecule has 0 bridgehead atoms. The van der Waals surface area contributed by atoms with Crippen molar-refractivity contribution in [3.63, 3.8) is 0 Å². The highest BCUT2D eigenvalue weighted by atomic mass is 16.5. The highest BCUT2D eigenvalue weighted by Gasteiger charge is 2.40. The Morgan fingerprint density at radius 1 is 0.974 bits per heavy atom. The zero-order valence-corrected chi connectivity index (χ0v) is 22.6. The summed E-state index contributed by atoms with van der Waals surface area (Å²) >= 11 is 0. The summed E-state index contributed by atoms with van der Waals surface area (Å²) in [6, 6.07) is 15.5. The Morgan fingerprint density at radius 2 is 1.69 bits per heavy atom. The molecule has 206 valence electrons. The van der Waals surface area contributed by atoms with Crippen molar-refractivity contribution in [1.29, 1.82) is 0 Å². The van der Waals surface area contributed by atoms with Gasteiger partial charge in [0.15, 0.2) is 0 Å². The van der Waals surface area contributed by atoms with E-state index in [4.69, 9.17) is 4.74 Å². The summed E-state index contributed by atoms with van der Waals surface area (Å²) < 4.78 is 7.76. The minimum Gasteiger partial charge on any atom is -0.493 e. The van der Waals surface area contributed by atoms with Crippen LogP contribution in [-0.2, 0) is 16.1 Å². The lowest BCUT2D eigenvalue weighted by Crippen LogP contribution is -2.51. The predicted octanol–water partition coefficient (Wildman–Crippen LogP) is 4.46. The van der Waals surface area contributed by atoms with Gasteiger partial charge in [0.2, 0.25) is 5.91 Å². The molecule has 1 aliphatic heterocycles. The molecule has 5 rings (SSSR count). The van der Waals surface area contributed by atoms with E-state index in [1.54, 1.807) is 0 Å². The summed E-state index contributed by atoms with van der Waals surface area (Å²) in [6.45, 7) is 7.69. The molecule has 2 unspecified atom stereocenters. The molecule has 9 nitrogen and oxygen atoms in total. The van der Waals surface area contributed by atoms with Gasteiger partial charge in [-0.2, -0.15) is 0 Å². The second-order valence-corrected chi connectivity index (χ2v) is 10.2. The van der Waals surface area contributed by atoms with E-state index in [1.165, 1.54) is 0 Å².